The average Bonchev–Trinajstić information content (AvgIpc) is 3.73. The Bertz CT molecular complexity index is 2220. The number of azo groups is 2. The number of ether oxygens (including phenoxy) is 1. The second kappa shape index (κ2) is 26.0. The van der Waals surface area contributed by atoms with Crippen molar-refractivity contribution in [1.82, 2.24) is 19.6 Å². The van der Waals surface area contributed by atoms with E-state index < -0.39 is 23.7 Å². The van der Waals surface area contributed by atoms with E-state index in [2.05, 4.69) is 44.5 Å². The zero-order chi connectivity index (χ0) is 44.1. The van der Waals surface area contributed by atoms with Gasteiger partial charge in [0, 0.05) is 36.1 Å². The van der Waals surface area contributed by atoms with Crippen molar-refractivity contribution in [3.8, 4) is 23.1 Å². The largest absolute Gasteiger partial charge is 3.00 e. The Morgan fingerprint density at radius 2 is 1.10 bits per heavy atom. The van der Waals surface area contributed by atoms with Gasteiger partial charge < -0.3 is 40.5 Å². The summed E-state index contributed by atoms with van der Waals surface area (Å²) in [6, 6.07) is 29.9. The van der Waals surface area contributed by atoms with E-state index in [1.54, 1.807) is 86.6 Å². The third-order valence-corrected chi connectivity index (χ3v) is 9.13. The van der Waals surface area contributed by atoms with Crippen LogP contribution in [0.4, 0.5) is 22.7 Å². The maximum atomic E-state index is 12.4. The monoisotopic (exact) mass is 880 g/mol. The minimum atomic E-state index is -1.36. The van der Waals surface area contributed by atoms with Gasteiger partial charge in [-0.2, -0.15) is 10.2 Å². The van der Waals surface area contributed by atoms with Gasteiger partial charge in [0.15, 0.2) is 0 Å². The SMILES string of the molecule is CCCCC(CC)COCCCN.Cc1nn(-c2ccccc2)c([O-])c1N=Nc1ccccc1C(=O)[O-].Cc1nn(-c2ccccc2)c([O-])c1N=Nc1ccccc1C(=O)[O-].[Cr+3].[H+]. The Hall–Kier alpha value is -6.51. The summed E-state index contributed by atoms with van der Waals surface area (Å²) in [5.74, 6) is -2.80. The van der Waals surface area contributed by atoms with Crippen LogP contribution in [-0.2, 0) is 22.1 Å². The van der Waals surface area contributed by atoms with Crippen molar-refractivity contribution >= 4 is 34.7 Å². The summed E-state index contributed by atoms with van der Waals surface area (Å²) in [4.78, 5) is 22.1. The van der Waals surface area contributed by atoms with Gasteiger partial charge in [0.25, 0.3) is 0 Å². The summed E-state index contributed by atoms with van der Waals surface area (Å²) in [6.45, 7) is 10.3. The zero-order valence-electron chi connectivity index (χ0n) is 36.0. The van der Waals surface area contributed by atoms with Crippen molar-refractivity contribution in [2.45, 2.75) is 59.8 Å². The number of carboxylic acids is 2. The molecule has 0 aliphatic heterocycles. The van der Waals surface area contributed by atoms with Crippen LogP contribution in [0.1, 0.15) is 79.5 Å². The summed E-state index contributed by atoms with van der Waals surface area (Å²) < 4.78 is 8.01. The topological polar surface area (TPSA) is 247 Å². The number of hydrogen-bond acceptors (Lipinski definition) is 14. The number of carbonyl (C=O) groups excluding carboxylic acids is 2. The number of benzene rings is 4. The van der Waals surface area contributed by atoms with Crippen LogP contribution in [0.15, 0.2) is 130 Å². The van der Waals surface area contributed by atoms with E-state index >= 15 is 0 Å². The number of para-hydroxylation sites is 2. The molecule has 0 spiro atoms. The summed E-state index contributed by atoms with van der Waals surface area (Å²) in [5, 5.41) is 70.9. The van der Waals surface area contributed by atoms with E-state index in [-0.39, 0.29) is 52.7 Å². The van der Waals surface area contributed by atoms with Crippen LogP contribution in [0.5, 0.6) is 11.8 Å². The smallest absolute Gasteiger partial charge is 0.857 e. The minimum absolute atomic E-state index is 0. The molecule has 6 aromatic rings. The molecule has 17 heteroatoms. The number of carboxylic acid groups (broad SMARTS) is 2. The van der Waals surface area contributed by atoms with Gasteiger partial charge in [-0.25, -0.2) is 9.36 Å². The summed E-state index contributed by atoms with van der Waals surface area (Å²) in [7, 11) is 0. The van der Waals surface area contributed by atoms with Gasteiger partial charge in [0.2, 0.25) is 0 Å². The fourth-order valence-corrected chi connectivity index (χ4v) is 5.72. The fraction of sp³-hybridized carbons (Fsp3) is 0.289. The van der Waals surface area contributed by atoms with Crippen LogP contribution in [0, 0.1) is 19.8 Å². The number of unbranched alkanes of at least 4 members (excludes halogenated alkanes) is 1. The first-order valence-electron chi connectivity index (χ1n) is 19.9. The molecule has 2 heterocycles. The van der Waals surface area contributed by atoms with Crippen LogP contribution in [0.2, 0.25) is 0 Å². The molecule has 1 radical (unpaired) electrons. The molecule has 323 valence electrons. The predicted octanol–water partition coefficient (Wildman–Crippen LogP) is 6.74. The molecule has 0 fully saturated rings. The molecular weight excluding hydrogens is 831 g/mol. The van der Waals surface area contributed by atoms with Gasteiger partial charge in [0.1, 0.15) is 11.4 Å². The third kappa shape index (κ3) is 14.3. The van der Waals surface area contributed by atoms with Crippen LogP contribution >= 0.6 is 0 Å². The van der Waals surface area contributed by atoms with Crippen LogP contribution in [-0.4, -0.2) is 51.3 Å². The molecule has 1 atom stereocenters. The van der Waals surface area contributed by atoms with E-state index in [1.165, 1.54) is 59.3 Å². The van der Waals surface area contributed by atoms with Crippen molar-refractivity contribution in [3.05, 3.63) is 132 Å². The van der Waals surface area contributed by atoms with Gasteiger partial charge >= 0.3 is 18.8 Å². The molecule has 0 aliphatic rings. The standard InChI is InChI=1S/2C17H14N4O3.C11H25NO.Cr/c2*1-11-15(16(22)21(20-11)12-7-3-2-4-8-12)19-18-14-10-6-5-9-13(14)17(23)24;1-3-5-7-11(4-2)10-13-9-6-8-12;/h2*2-10,22H,1H3,(H,23,24);11H,3-10,12H2,1-2H3;/q;;;+3/p-3. The van der Waals surface area contributed by atoms with Crippen LogP contribution in [0.25, 0.3) is 11.4 Å². The van der Waals surface area contributed by atoms with Crippen molar-refractivity contribution < 1.29 is 53.5 Å². The van der Waals surface area contributed by atoms with Gasteiger partial charge in [-0.05, 0) is 75.5 Å². The van der Waals surface area contributed by atoms with Crippen molar-refractivity contribution in [2.75, 3.05) is 19.8 Å². The van der Waals surface area contributed by atoms with Gasteiger partial charge in [0.05, 0.1) is 46.1 Å². The van der Waals surface area contributed by atoms with E-state index in [0.717, 1.165) is 32.1 Å². The number of hydrogen-bond donors (Lipinski definition) is 1. The number of aromatic carboxylic acids is 2. The maximum absolute atomic E-state index is 12.4. The molecule has 0 saturated heterocycles. The molecule has 2 aromatic heterocycles. The Morgan fingerprint density at radius 3 is 1.48 bits per heavy atom. The summed E-state index contributed by atoms with van der Waals surface area (Å²) in [5.41, 5.74) is 7.57. The molecule has 62 heavy (non-hydrogen) atoms. The van der Waals surface area contributed by atoms with Crippen LogP contribution in [0.3, 0.4) is 0 Å². The first-order valence-corrected chi connectivity index (χ1v) is 19.9. The van der Waals surface area contributed by atoms with E-state index in [1.807, 2.05) is 12.1 Å². The number of carbonyl (C=O) groups is 2. The quantitative estimate of drug-likeness (QED) is 0.0746. The first-order chi connectivity index (χ1) is 29.5. The molecule has 6 rings (SSSR count). The maximum Gasteiger partial charge on any atom is 3.00 e. The molecule has 0 bridgehead atoms. The van der Waals surface area contributed by atoms with E-state index in [9.17, 15) is 30.0 Å². The van der Waals surface area contributed by atoms with Crippen molar-refractivity contribution in [2.24, 2.45) is 32.1 Å². The molecule has 0 saturated carbocycles. The molecule has 16 nitrogen and oxygen atoms in total. The average molecular weight is 881 g/mol. The van der Waals surface area contributed by atoms with Gasteiger partial charge in [-0.15, -0.1) is 20.5 Å². The molecule has 2 N–H and O–H groups in total. The predicted molar refractivity (Wildman–Crippen MR) is 224 cm³/mol. The third-order valence-electron chi connectivity index (χ3n) is 9.13. The Morgan fingerprint density at radius 1 is 0.677 bits per heavy atom. The second-order valence-corrected chi connectivity index (χ2v) is 13.6. The number of aryl methyl sites for hydroxylation is 2. The second-order valence-electron chi connectivity index (χ2n) is 13.6. The fourth-order valence-electron chi connectivity index (χ4n) is 5.72. The molecule has 0 aliphatic carbocycles. The minimum Gasteiger partial charge on any atom is -0.857 e. The number of nitrogens with two attached hydrogens (primary N) is 1. The Kier molecular flexibility index (Phi) is 20.9. The van der Waals surface area contributed by atoms with Crippen LogP contribution < -0.4 is 26.2 Å². The van der Waals surface area contributed by atoms with Gasteiger partial charge in [-0.1, -0.05) is 106 Å². The number of rotatable bonds is 17. The zero-order valence-corrected chi connectivity index (χ0v) is 36.3. The van der Waals surface area contributed by atoms with Crippen molar-refractivity contribution in [1.29, 1.82) is 0 Å². The molecule has 1 unspecified atom stereocenters. The molecule has 0 amide bonds. The molecule has 4 aromatic carbocycles. The van der Waals surface area contributed by atoms with Crippen molar-refractivity contribution in [3.63, 3.8) is 0 Å². The summed E-state index contributed by atoms with van der Waals surface area (Å²) in [6.07, 6.45) is 6.17. The van der Waals surface area contributed by atoms with E-state index in [4.69, 9.17) is 10.5 Å². The Labute approximate surface area is 373 Å². The Balaban J connectivity index is 0.000000336. The normalized spacial score (nSPS) is 11.3. The number of nitrogens with zero attached hydrogens (tertiary/aromatic N) is 8. The van der Waals surface area contributed by atoms with E-state index in [0.29, 0.717) is 22.8 Å². The van der Waals surface area contributed by atoms with Gasteiger partial charge in [-0.3, -0.25) is 0 Å². The summed E-state index contributed by atoms with van der Waals surface area (Å²) >= 11 is 0. The molecular formula is C45H50CrN9O7. The first kappa shape index (κ1) is 49.9. The number of aromatic nitrogens is 4.